The maximum Gasteiger partial charge on any atom is 0.251 e. The first-order valence-electron chi connectivity index (χ1n) is 11.4. The first-order valence-corrected chi connectivity index (χ1v) is 11.7. The van der Waals surface area contributed by atoms with Gasteiger partial charge in [-0.25, -0.2) is 0 Å². The lowest BCUT2D eigenvalue weighted by Gasteiger charge is -2.40. The Kier molecular flexibility index (Phi) is 8.06. The number of hydrogen-bond donors (Lipinski definition) is 2. The third-order valence-corrected chi connectivity index (χ3v) is 6.95. The molecule has 0 unspecified atom stereocenters. The average Bonchev–Trinajstić information content (AvgIpc) is 3.14. The van der Waals surface area contributed by atoms with E-state index in [1.807, 2.05) is 19.9 Å². The van der Waals surface area contributed by atoms with E-state index in [0.29, 0.717) is 35.1 Å². The summed E-state index contributed by atoms with van der Waals surface area (Å²) >= 11 is 6.50. The van der Waals surface area contributed by atoms with Crippen LogP contribution in [0.3, 0.4) is 0 Å². The van der Waals surface area contributed by atoms with E-state index < -0.39 is 0 Å². The van der Waals surface area contributed by atoms with Gasteiger partial charge in [0.2, 0.25) is 5.88 Å². The summed E-state index contributed by atoms with van der Waals surface area (Å²) in [6, 6.07) is 4.86. The molecule has 1 aliphatic carbocycles. The van der Waals surface area contributed by atoms with Gasteiger partial charge in [-0.15, -0.1) is 5.10 Å². The van der Waals surface area contributed by atoms with Crippen LogP contribution in [0.2, 0.25) is 5.02 Å². The molecular formula is C24H36ClN5O2. The lowest BCUT2D eigenvalue weighted by atomic mass is 9.89. The summed E-state index contributed by atoms with van der Waals surface area (Å²) in [7, 11) is 5.89. The van der Waals surface area contributed by atoms with Crippen molar-refractivity contribution in [3.8, 4) is 5.88 Å². The van der Waals surface area contributed by atoms with E-state index in [-0.39, 0.29) is 5.91 Å². The number of aromatic amines is 1. The molecule has 3 rings (SSSR count). The summed E-state index contributed by atoms with van der Waals surface area (Å²) in [5, 5.41) is 10.6. The highest BCUT2D eigenvalue weighted by atomic mass is 35.5. The number of benzene rings is 1. The van der Waals surface area contributed by atoms with Gasteiger partial charge in [0, 0.05) is 40.6 Å². The van der Waals surface area contributed by atoms with E-state index in [1.54, 1.807) is 13.2 Å². The molecule has 8 heteroatoms. The predicted octanol–water partition coefficient (Wildman–Crippen LogP) is 4.32. The van der Waals surface area contributed by atoms with E-state index >= 15 is 0 Å². The van der Waals surface area contributed by atoms with Crippen molar-refractivity contribution in [1.29, 1.82) is 0 Å². The zero-order valence-electron chi connectivity index (χ0n) is 20.1. The molecule has 1 aromatic heterocycles. The third kappa shape index (κ3) is 5.21. The Bertz CT molecular complexity index is 935. The van der Waals surface area contributed by atoms with E-state index in [0.717, 1.165) is 41.9 Å². The standard InChI is InChI=1S/C24H36ClN5O2/c1-7-30(19-10-8-18(9-11-19)29(4)5)22-13-17(25)12-20(15(22)2)23(31)26-14-21-16(3)27-28-24(21)32-6/h12-13,18-19H,7-11,14H2,1-6H3,(H,26,31)(H,27,28). The number of hydrogen-bond acceptors (Lipinski definition) is 5. The molecule has 7 nitrogen and oxygen atoms in total. The Morgan fingerprint density at radius 3 is 2.47 bits per heavy atom. The van der Waals surface area contributed by atoms with Gasteiger partial charge in [0.15, 0.2) is 0 Å². The van der Waals surface area contributed by atoms with Gasteiger partial charge in [0.25, 0.3) is 5.91 Å². The molecule has 1 aromatic carbocycles. The Morgan fingerprint density at radius 1 is 1.22 bits per heavy atom. The molecule has 176 valence electrons. The molecule has 0 spiro atoms. The van der Waals surface area contributed by atoms with Crippen molar-refractivity contribution in [1.82, 2.24) is 20.4 Å². The van der Waals surface area contributed by atoms with Crippen LogP contribution < -0.4 is 15.0 Å². The predicted molar refractivity (Wildman–Crippen MR) is 130 cm³/mol. The number of ether oxygens (including phenoxy) is 1. The minimum Gasteiger partial charge on any atom is -0.480 e. The van der Waals surface area contributed by atoms with Crippen molar-refractivity contribution < 1.29 is 9.53 Å². The summed E-state index contributed by atoms with van der Waals surface area (Å²) in [6.07, 6.45) is 4.66. The third-order valence-electron chi connectivity index (χ3n) is 6.73. The van der Waals surface area contributed by atoms with Crippen LogP contribution in [-0.2, 0) is 6.54 Å². The minimum atomic E-state index is -0.152. The molecule has 0 saturated heterocycles. The van der Waals surface area contributed by atoms with Crippen molar-refractivity contribution in [3.05, 3.63) is 39.5 Å². The normalized spacial score (nSPS) is 18.6. The second-order valence-corrected chi connectivity index (χ2v) is 9.26. The zero-order valence-corrected chi connectivity index (χ0v) is 20.8. The van der Waals surface area contributed by atoms with Gasteiger partial charge in [0.1, 0.15) is 0 Å². The Hall–Kier alpha value is -2.25. The number of nitrogens with one attached hydrogen (secondary N) is 2. The molecule has 2 aromatic rings. The number of aryl methyl sites for hydroxylation is 1. The van der Waals surface area contributed by atoms with Crippen LogP contribution >= 0.6 is 11.6 Å². The van der Waals surface area contributed by atoms with Crippen LogP contribution in [0.15, 0.2) is 12.1 Å². The van der Waals surface area contributed by atoms with Crippen molar-refractivity contribution >= 4 is 23.2 Å². The minimum absolute atomic E-state index is 0.152. The van der Waals surface area contributed by atoms with Crippen LogP contribution in [0.5, 0.6) is 5.88 Å². The van der Waals surface area contributed by atoms with Crippen LogP contribution in [0.1, 0.15) is 59.8 Å². The number of nitrogens with zero attached hydrogens (tertiary/aromatic N) is 3. The first kappa shape index (κ1) is 24.4. The number of carbonyl (C=O) groups is 1. The van der Waals surface area contributed by atoms with Gasteiger partial charge in [-0.2, -0.15) is 0 Å². The lowest BCUT2D eigenvalue weighted by Crippen LogP contribution is -2.42. The Labute approximate surface area is 196 Å². The molecule has 1 fully saturated rings. The molecule has 0 bridgehead atoms. The van der Waals surface area contributed by atoms with Gasteiger partial charge in [-0.1, -0.05) is 11.6 Å². The van der Waals surface area contributed by atoms with E-state index in [4.69, 9.17) is 16.3 Å². The SMILES string of the molecule is CCN(c1cc(Cl)cc(C(=O)NCc2c(OC)n[nH]c2C)c1C)C1CCC(N(C)C)CC1. The fourth-order valence-corrected chi connectivity index (χ4v) is 4.99. The van der Waals surface area contributed by atoms with Crippen LogP contribution in [0, 0.1) is 13.8 Å². The molecular weight excluding hydrogens is 426 g/mol. The Morgan fingerprint density at radius 2 is 1.88 bits per heavy atom. The fourth-order valence-electron chi connectivity index (χ4n) is 4.78. The molecule has 0 atom stereocenters. The van der Waals surface area contributed by atoms with Gasteiger partial charge >= 0.3 is 0 Å². The topological polar surface area (TPSA) is 73.5 Å². The molecule has 1 aliphatic rings. The molecule has 1 saturated carbocycles. The van der Waals surface area contributed by atoms with Crippen molar-refractivity contribution in [2.24, 2.45) is 0 Å². The maximum absolute atomic E-state index is 13.1. The summed E-state index contributed by atoms with van der Waals surface area (Å²) in [5.74, 6) is 0.345. The number of carbonyl (C=O) groups excluding carboxylic acids is 1. The van der Waals surface area contributed by atoms with Gasteiger partial charge in [-0.05, 0) is 78.2 Å². The summed E-state index contributed by atoms with van der Waals surface area (Å²) in [5.41, 5.74) is 4.33. The second kappa shape index (κ2) is 10.6. The molecule has 2 N–H and O–H groups in total. The van der Waals surface area contributed by atoms with Gasteiger partial charge in [0.05, 0.1) is 19.2 Å². The maximum atomic E-state index is 13.1. The second-order valence-electron chi connectivity index (χ2n) is 8.83. The number of anilines is 1. The highest BCUT2D eigenvalue weighted by molar-refractivity contribution is 6.31. The fraction of sp³-hybridized carbons (Fsp3) is 0.583. The van der Waals surface area contributed by atoms with E-state index in [9.17, 15) is 4.79 Å². The first-order chi connectivity index (χ1) is 15.3. The van der Waals surface area contributed by atoms with Gasteiger partial charge < -0.3 is 19.9 Å². The van der Waals surface area contributed by atoms with Crippen LogP contribution in [-0.4, -0.2) is 60.8 Å². The monoisotopic (exact) mass is 461 g/mol. The van der Waals surface area contributed by atoms with E-state index in [1.165, 1.54) is 12.8 Å². The summed E-state index contributed by atoms with van der Waals surface area (Å²) < 4.78 is 5.28. The van der Waals surface area contributed by atoms with Crippen molar-refractivity contribution in [2.75, 3.05) is 32.6 Å². The molecule has 1 amide bonds. The highest BCUT2D eigenvalue weighted by Crippen LogP contribution is 2.34. The largest absolute Gasteiger partial charge is 0.480 e. The van der Waals surface area contributed by atoms with Crippen LogP contribution in [0.25, 0.3) is 0 Å². The quantitative estimate of drug-likeness (QED) is 0.612. The molecule has 1 heterocycles. The number of aromatic nitrogens is 2. The highest BCUT2D eigenvalue weighted by Gasteiger charge is 2.28. The van der Waals surface area contributed by atoms with E-state index in [2.05, 4.69) is 46.3 Å². The zero-order chi connectivity index (χ0) is 23.4. The number of rotatable bonds is 8. The van der Waals surface area contributed by atoms with Crippen molar-refractivity contribution in [2.45, 2.75) is 65.1 Å². The molecule has 0 radical (unpaired) electrons. The summed E-state index contributed by atoms with van der Waals surface area (Å²) in [6.45, 7) is 7.30. The molecule has 32 heavy (non-hydrogen) atoms. The summed E-state index contributed by atoms with van der Waals surface area (Å²) in [4.78, 5) is 17.9. The van der Waals surface area contributed by atoms with Gasteiger partial charge in [-0.3, -0.25) is 9.89 Å². The smallest absolute Gasteiger partial charge is 0.251 e. The molecule has 0 aliphatic heterocycles. The number of methoxy groups -OCH3 is 1. The van der Waals surface area contributed by atoms with Crippen molar-refractivity contribution in [3.63, 3.8) is 0 Å². The number of halogens is 1. The number of amides is 1. The Balaban J connectivity index is 1.79. The average molecular weight is 462 g/mol. The van der Waals surface area contributed by atoms with Crippen LogP contribution in [0.4, 0.5) is 5.69 Å². The lowest BCUT2D eigenvalue weighted by molar-refractivity contribution is 0.0950. The number of H-pyrrole nitrogens is 1.